The van der Waals surface area contributed by atoms with Crippen LogP contribution in [0.25, 0.3) is 0 Å². The van der Waals surface area contributed by atoms with Crippen LogP contribution in [-0.2, 0) is 22.6 Å². The third-order valence-corrected chi connectivity index (χ3v) is 3.43. The lowest BCUT2D eigenvalue weighted by Crippen LogP contribution is -2.51. The van der Waals surface area contributed by atoms with E-state index in [9.17, 15) is 9.59 Å². The minimum atomic E-state index is -0.305. The molecule has 1 aliphatic rings. The number of nitrogens with zero attached hydrogens (tertiary/aromatic N) is 2. The highest BCUT2D eigenvalue weighted by Crippen LogP contribution is 2.13. The molecule has 0 fully saturated rings. The number of hydrogen-bond donors (Lipinski definition) is 3. The largest absolute Gasteiger partial charge is 0.355 e. The van der Waals surface area contributed by atoms with Crippen LogP contribution >= 0.6 is 0 Å². The standard InChI is InChI=1S/C13H21N5O2/c1-3-14-12(19)7-18(4-2)13(20)10-5-9-11(6-15-10)17-8-16-9/h8,10,15H,3-7H2,1-2H3,(H,14,19)(H,16,17). The van der Waals surface area contributed by atoms with Crippen molar-refractivity contribution in [1.82, 2.24) is 25.5 Å². The van der Waals surface area contributed by atoms with Crippen LogP contribution in [0.15, 0.2) is 6.33 Å². The van der Waals surface area contributed by atoms with E-state index in [1.807, 2.05) is 13.8 Å². The van der Waals surface area contributed by atoms with Gasteiger partial charge in [-0.2, -0.15) is 0 Å². The second kappa shape index (κ2) is 6.51. The molecule has 1 aliphatic heterocycles. The van der Waals surface area contributed by atoms with Crippen molar-refractivity contribution in [3.63, 3.8) is 0 Å². The Morgan fingerprint density at radius 3 is 3.00 bits per heavy atom. The Balaban J connectivity index is 1.97. The van der Waals surface area contributed by atoms with E-state index in [0.717, 1.165) is 11.4 Å². The molecule has 0 saturated heterocycles. The molecule has 7 nitrogen and oxygen atoms in total. The van der Waals surface area contributed by atoms with E-state index in [0.29, 0.717) is 26.1 Å². The fourth-order valence-electron chi connectivity index (χ4n) is 2.34. The number of nitrogens with one attached hydrogen (secondary N) is 3. The van der Waals surface area contributed by atoms with Crippen LogP contribution in [0.4, 0.5) is 0 Å². The first-order valence-corrected chi connectivity index (χ1v) is 6.95. The van der Waals surface area contributed by atoms with Gasteiger partial charge in [0, 0.05) is 26.1 Å². The number of likely N-dealkylation sites (N-methyl/N-ethyl adjacent to an activating group) is 2. The molecule has 0 bridgehead atoms. The monoisotopic (exact) mass is 279 g/mol. The van der Waals surface area contributed by atoms with E-state index in [2.05, 4.69) is 20.6 Å². The van der Waals surface area contributed by atoms with Crippen molar-refractivity contribution in [3.8, 4) is 0 Å². The second-order valence-electron chi connectivity index (χ2n) is 4.77. The Kier molecular flexibility index (Phi) is 4.73. The Morgan fingerprint density at radius 2 is 2.30 bits per heavy atom. The average molecular weight is 279 g/mol. The summed E-state index contributed by atoms with van der Waals surface area (Å²) in [5.74, 6) is -0.175. The summed E-state index contributed by atoms with van der Waals surface area (Å²) >= 11 is 0. The number of imidazole rings is 1. The summed E-state index contributed by atoms with van der Waals surface area (Å²) in [5, 5.41) is 5.90. The highest BCUT2D eigenvalue weighted by Gasteiger charge is 2.29. The van der Waals surface area contributed by atoms with E-state index < -0.39 is 0 Å². The maximum Gasteiger partial charge on any atom is 0.240 e. The lowest BCUT2D eigenvalue weighted by Gasteiger charge is -2.28. The quantitative estimate of drug-likeness (QED) is 0.672. The van der Waals surface area contributed by atoms with Crippen LogP contribution in [0.2, 0.25) is 0 Å². The summed E-state index contributed by atoms with van der Waals surface area (Å²) in [4.78, 5) is 32.9. The van der Waals surface area contributed by atoms with Gasteiger partial charge in [-0.05, 0) is 13.8 Å². The minimum absolute atomic E-state index is 0.0487. The number of carbonyl (C=O) groups is 2. The lowest BCUT2D eigenvalue weighted by molar-refractivity contribution is -0.137. The Bertz CT molecular complexity index is 485. The van der Waals surface area contributed by atoms with Crippen LogP contribution in [0.3, 0.4) is 0 Å². The molecular weight excluding hydrogens is 258 g/mol. The van der Waals surface area contributed by atoms with Crippen LogP contribution in [-0.4, -0.2) is 52.4 Å². The Labute approximate surface area is 118 Å². The number of H-pyrrole nitrogens is 1. The number of hydrogen-bond acceptors (Lipinski definition) is 4. The fraction of sp³-hybridized carbons (Fsp3) is 0.615. The number of aromatic nitrogens is 2. The first-order valence-electron chi connectivity index (χ1n) is 6.95. The summed E-state index contributed by atoms with van der Waals surface area (Å²) in [5.41, 5.74) is 1.96. The van der Waals surface area contributed by atoms with E-state index in [4.69, 9.17) is 0 Å². The van der Waals surface area contributed by atoms with E-state index in [1.54, 1.807) is 11.2 Å². The molecule has 0 radical (unpaired) electrons. The van der Waals surface area contributed by atoms with Crippen LogP contribution in [0.1, 0.15) is 25.2 Å². The average Bonchev–Trinajstić information content (AvgIpc) is 2.91. The Hall–Kier alpha value is -1.89. The van der Waals surface area contributed by atoms with Gasteiger partial charge in [-0.1, -0.05) is 0 Å². The zero-order chi connectivity index (χ0) is 14.5. The molecule has 3 N–H and O–H groups in total. The molecule has 1 aromatic rings. The molecule has 0 aliphatic carbocycles. The lowest BCUT2D eigenvalue weighted by atomic mass is 10.0. The first kappa shape index (κ1) is 14.5. The molecule has 0 spiro atoms. The smallest absolute Gasteiger partial charge is 0.240 e. The number of rotatable bonds is 5. The van der Waals surface area contributed by atoms with Crippen molar-refractivity contribution >= 4 is 11.8 Å². The second-order valence-corrected chi connectivity index (χ2v) is 4.77. The van der Waals surface area contributed by atoms with Crippen molar-refractivity contribution in [3.05, 3.63) is 17.7 Å². The van der Waals surface area contributed by atoms with Gasteiger partial charge in [0.25, 0.3) is 0 Å². The third-order valence-electron chi connectivity index (χ3n) is 3.43. The predicted molar refractivity (Wildman–Crippen MR) is 73.9 cm³/mol. The molecule has 1 unspecified atom stereocenters. The molecule has 2 rings (SSSR count). The highest BCUT2D eigenvalue weighted by molar-refractivity contribution is 5.87. The van der Waals surface area contributed by atoms with Gasteiger partial charge in [0.1, 0.15) is 0 Å². The molecule has 1 aromatic heterocycles. The summed E-state index contributed by atoms with van der Waals surface area (Å²) in [7, 11) is 0. The number of aromatic amines is 1. The molecule has 0 aromatic carbocycles. The third kappa shape index (κ3) is 3.16. The molecule has 2 heterocycles. The van der Waals surface area contributed by atoms with Crippen LogP contribution < -0.4 is 10.6 Å². The van der Waals surface area contributed by atoms with Crippen molar-refractivity contribution < 1.29 is 9.59 Å². The number of fused-ring (bicyclic) bond motifs is 1. The fourth-order valence-corrected chi connectivity index (χ4v) is 2.34. The molecule has 2 amide bonds. The van der Waals surface area contributed by atoms with E-state index in [-0.39, 0.29) is 24.4 Å². The normalized spacial score (nSPS) is 17.4. The van der Waals surface area contributed by atoms with Gasteiger partial charge in [0.2, 0.25) is 11.8 Å². The number of carbonyl (C=O) groups excluding carboxylic acids is 2. The highest BCUT2D eigenvalue weighted by atomic mass is 16.2. The summed E-state index contributed by atoms with van der Waals surface area (Å²) in [6.07, 6.45) is 2.20. The van der Waals surface area contributed by atoms with Crippen molar-refractivity contribution in [2.45, 2.75) is 32.9 Å². The van der Waals surface area contributed by atoms with Crippen molar-refractivity contribution in [2.24, 2.45) is 0 Å². The topological polar surface area (TPSA) is 90.1 Å². The van der Waals surface area contributed by atoms with Gasteiger partial charge < -0.3 is 15.2 Å². The van der Waals surface area contributed by atoms with Gasteiger partial charge in [0.05, 0.1) is 30.3 Å². The SMILES string of the molecule is CCNC(=O)CN(CC)C(=O)C1Cc2nc[nH]c2CN1. The van der Waals surface area contributed by atoms with Gasteiger partial charge in [0.15, 0.2) is 0 Å². The van der Waals surface area contributed by atoms with Gasteiger partial charge in [-0.3, -0.25) is 14.9 Å². The Morgan fingerprint density at radius 1 is 1.50 bits per heavy atom. The van der Waals surface area contributed by atoms with Gasteiger partial charge in [-0.25, -0.2) is 4.98 Å². The summed E-state index contributed by atoms with van der Waals surface area (Å²) in [6.45, 7) is 5.53. The molecule has 7 heteroatoms. The molecule has 110 valence electrons. The van der Waals surface area contributed by atoms with Gasteiger partial charge in [-0.15, -0.1) is 0 Å². The van der Waals surface area contributed by atoms with Crippen LogP contribution in [0, 0.1) is 0 Å². The molecule has 1 atom stereocenters. The van der Waals surface area contributed by atoms with Crippen molar-refractivity contribution in [2.75, 3.05) is 19.6 Å². The van der Waals surface area contributed by atoms with E-state index in [1.165, 1.54) is 0 Å². The summed E-state index contributed by atoms with van der Waals surface area (Å²) < 4.78 is 0. The summed E-state index contributed by atoms with van der Waals surface area (Å²) in [6, 6.07) is -0.305. The zero-order valence-corrected chi connectivity index (χ0v) is 11.9. The van der Waals surface area contributed by atoms with E-state index >= 15 is 0 Å². The first-order chi connectivity index (χ1) is 9.65. The van der Waals surface area contributed by atoms with Gasteiger partial charge >= 0.3 is 0 Å². The van der Waals surface area contributed by atoms with Crippen LogP contribution in [0.5, 0.6) is 0 Å². The maximum absolute atomic E-state index is 12.4. The minimum Gasteiger partial charge on any atom is -0.355 e. The predicted octanol–water partition coefficient (Wildman–Crippen LogP) is -0.591. The number of amides is 2. The molecule has 20 heavy (non-hydrogen) atoms. The van der Waals surface area contributed by atoms with Crippen molar-refractivity contribution in [1.29, 1.82) is 0 Å². The zero-order valence-electron chi connectivity index (χ0n) is 11.9. The maximum atomic E-state index is 12.4. The molecular formula is C13H21N5O2. The molecule has 0 saturated carbocycles.